The summed E-state index contributed by atoms with van der Waals surface area (Å²) in [5, 5.41) is 15.1. The third kappa shape index (κ3) is 5.65. The van der Waals surface area contributed by atoms with E-state index in [4.69, 9.17) is 19.5 Å². The van der Waals surface area contributed by atoms with Gasteiger partial charge >= 0.3 is 12.1 Å². The molecule has 0 radical (unpaired) electrons. The number of piperidine rings is 1. The highest BCUT2D eigenvalue weighted by atomic mass is 16.6. The first-order valence-corrected chi connectivity index (χ1v) is 10.3. The maximum atomic E-state index is 12.7. The summed E-state index contributed by atoms with van der Waals surface area (Å²) in [6.07, 6.45) is 1.47. The first kappa shape index (κ1) is 23.7. The van der Waals surface area contributed by atoms with Gasteiger partial charge in [0, 0.05) is 37.7 Å². The van der Waals surface area contributed by atoms with Crippen molar-refractivity contribution in [3.05, 3.63) is 40.1 Å². The summed E-state index contributed by atoms with van der Waals surface area (Å²) < 4.78 is 16.3. The summed E-state index contributed by atoms with van der Waals surface area (Å²) in [7, 11) is 1.20. The lowest BCUT2D eigenvalue weighted by atomic mass is 10.1. The van der Waals surface area contributed by atoms with Crippen LogP contribution in [0.4, 0.5) is 4.79 Å². The molecule has 33 heavy (non-hydrogen) atoms. The molecule has 1 aliphatic heterocycles. The lowest BCUT2D eigenvalue weighted by Crippen LogP contribution is -2.44. The average Bonchev–Trinajstić information content (AvgIpc) is 2.78. The van der Waals surface area contributed by atoms with E-state index in [-0.39, 0.29) is 28.8 Å². The van der Waals surface area contributed by atoms with E-state index in [0.29, 0.717) is 31.5 Å². The molecule has 1 fully saturated rings. The van der Waals surface area contributed by atoms with Gasteiger partial charge in [-0.1, -0.05) is 0 Å². The monoisotopic (exact) mass is 455 g/mol. The Bertz CT molecular complexity index is 1120. The van der Waals surface area contributed by atoms with Crippen molar-refractivity contribution in [2.45, 2.75) is 45.3 Å². The Hall–Kier alpha value is -3.94. The number of aromatic nitrogens is 3. The number of nitrogens with zero attached hydrogens (tertiary/aromatic N) is 4. The fourth-order valence-corrected chi connectivity index (χ4v) is 3.30. The van der Waals surface area contributed by atoms with Crippen molar-refractivity contribution in [1.82, 2.24) is 20.1 Å². The number of pyridine rings is 1. The van der Waals surface area contributed by atoms with Gasteiger partial charge in [-0.3, -0.25) is 4.79 Å². The van der Waals surface area contributed by atoms with E-state index in [1.807, 2.05) is 6.07 Å². The lowest BCUT2D eigenvalue weighted by molar-refractivity contribution is 0.0125. The van der Waals surface area contributed by atoms with Crippen LogP contribution in [0.25, 0.3) is 11.1 Å². The smallest absolute Gasteiger partial charge is 0.410 e. The number of methoxy groups -OCH3 is 1. The van der Waals surface area contributed by atoms with Crippen LogP contribution < -0.4 is 10.3 Å². The Labute approximate surface area is 190 Å². The van der Waals surface area contributed by atoms with Gasteiger partial charge in [-0.25, -0.2) is 19.7 Å². The first-order valence-electron chi connectivity index (χ1n) is 10.3. The molecular weight excluding hydrogens is 430 g/mol. The van der Waals surface area contributed by atoms with E-state index in [1.54, 1.807) is 25.7 Å². The number of esters is 1. The molecule has 0 unspecified atom stereocenters. The van der Waals surface area contributed by atoms with Gasteiger partial charge in [0.05, 0.1) is 12.7 Å². The minimum atomic E-state index is -0.782. The van der Waals surface area contributed by atoms with Crippen LogP contribution in [-0.2, 0) is 9.47 Å². The predicted molar refractivity (Wildman–Crippen MR) is 116 cm³/mol. The summed E-state index contributed by atoms with van der Waals surface area (Å²) in [6, 6.07) is 4.90. The summed E-state index contributed by atoms with van der Waals surface area (Å²) in [5.74, 6) is -0.817. The van der Waals surface area contributed by atoms with E-state index in [2.05, 4.69) is 15.2 Å². The zero-order valence-corrected chi connectivity index (χ0v) is 18.9. The first-order chi connectivity index (χ1) is 15.6. The molecule has 3 rings (SSSR count). The van der Waals surface area contributed by atoms with E-state index in [9.17, 15) is 14.4 Å². The zero-order valence-electron chi connectivity index (χ0n) is 18.9. The van der Waals surface area contributed by atoms with Crippen molar-refractivity contribution in [2.24, 2.45) is 0 Å². The maximum Gasteiger partial charge on any atom is 0.410 e. The van der Waals surface area contributed by atoms with Gasteiger partial charge in [0.25, 0.3) is 5.56 Å². The molecule has 1 N–H and O–H groups in total. The van der Waals surface area contributed by atoms with Gasteiger partial charge in [-0.2, -0.15) is 10.4 Å². The molecule has 11 heteroatoms. The molecule has 1 aliphatic rings. The van der Waals surface area contributed by atoms with Crippen molar-refractivity contribution in [1.29, 1.82) is 5.26 Å². The Kier molecular flexibility index (Phi) is 6.96. The van der Waals surface area contributed by atoms with Crippen molar-refractivity contribution in [3.8, 4) is 22.9 Å². The molecule has 0 bridgehead atoms. The van der Waals surface area contributed by atoms with Gasteiger partial charge < -0.3 is 19.1 Å². The fourth-order valence-electron chi connectivity index (χ4n) is 3.30. The molecule has 3 heterocycles. The number of nitriles is 1. The fraction of sp³-hybridized carbons (Fsp3) is 0.455. The molecule has 2 aromatic heterocycles. The third-order valence-corrected chi connectivity index (χ3v) is 4.86. The lowest BCUT2D eigenvalue weighted by Gasteiger charge is -2.33. The van der Waals surface area contributed by atoms with Crippen molar-refractivity contribution in [2.75, 3.05) is 20.2 Å². The highest BCUT2D eigenvalue weighted by Crippen LogP contribution is 2.31. The molecule has 0 aromatic carbocycles. The molecule has 0 spiro atoms. The highest BCUT2D eigenvalue weighted by molar-refractivity contribution is 5.93. The van der Waals surface area contributed by atoms with E-state index in [0.717, 1.165) is 0 Å². The number of carbonyl (C=O) groups excluding carboxylic acids is 2. The second-order valence-corrected chi connectivity index (χ2v) is 8.43. The Morgan fingerprint density at radius 2 is 1.94 bits per heavy atom. The van der Waals surface area contributed by atoms with Crippen LogP contribution in [0.3, 0.4) is 0 Å². The summed E-state index contributed by atoms with van der Waals surface area (Å²) in [6.45, 7) is 6.17. The Morgan fingerprint density at radius 3 is 2.48 bits per heavy atom. The summed E-state index contributed by atoms with van der Waals surface area (Å²) in [5.41, 5.74) is -0.794. The number of rotatable bonds is 4. The normalized spacial score (nSPS) is 14.3. The Balaban J connectivity index is 1.88. The minimum Gasteiger partial charge on any atom is -0.487 e. The predicted octanol–water partition coefficient (Wildman–Crippen LogP) is 2.27. The number of hydrogen-bond acceptors (Lipinski definition) is 9. The van der Waals surface area contributed by atoms with Crippen LogP contribution in [0, 0.1) is 11.3 Å². The van der Waals surface area contributed by atoms with Crippen LogP contribution in [0.2, 0.25) is 0 Å². The molecular formula is C22H25N5O6. The van der Waals surface area contributed by atoms with Crippen LogP contribution in [0.5, 0.6) is 5.75 Å². The second-order valence-electron chi connectivity index (χ2n) is 8.43. The van der Waals surface area contributed by atoms with Crippen molar-refractivity contribution < 1.29 is 23.8 Å². The molecule has 0 saturated carbocycles. The largest absolute Gasteiger partial charge is 0.487 e. The molecule has 174 valence electrons. The quantitative estimate of drug-likeness (QED) is 0.685. The Morgan fingerprint density at radius 1 is 1.24 bits per heavy atom. The van der Waals surface area contributed by atoms with Gasteiger partial charge in [0.2, 0.25) is 5.69 Å². The molecule has 0 atom stereocenters. The van der Waals surface area contributed by atoms with Crippen LogP contribution >= 0.6 is 0 Å². The van der Waals surface area contributed by atoms with Gasteiger partial charge in [-0.15, -0.1) is 0 Å². The van der Waals surface area contributed by atoms with E-state index < -0.39 is 23.2 Å². The minimum absolute atomic E-state index is 0.0344. The standard InChI is InChI=1S/C22H25N5O6/c1-22(2,3)33-21(30)27-9-7-15(8-10-27)32-18-16(13-5-6-14(11-23)24-12-13)19(28)26-25-17(18)20(29)31-4/h5-6,12,15H,7-10H2,1-4H3,(H,26,28). The number of ether oxygens (including phenoxy) is 3. The maximum absolute atomic E-state index is 12.7. The number of likely N-dealkylation sites (tertiary alicyclic amines) is 1. The molecule has 11 nitrogen and oxygen atoms in total. The average molecular weight is 455 g/mol. The van der Waals surface area contributed by atoms with Crippen LogP contribution in [0.15, 0.2) is 23.1 Å². The number of amides is 1. The van der Waals surface area contributed by atoms with E-state index >= 15 is 0 Å². The van der Waals surface area contributed by atoms with Crippen LogP contribution in [0.1, 0.15) is 49.8 Å². The second kappa shape index (κ2) is 9.68. The molecule has 2 aromatic rings. The van der Waals surface area contributed by atoms with E-state index in [1.165, 1.54) is 25.4 Å². The summed E-state index contributed by atoms with van der Waals surface area (Å²) >= 11 is 0. The molecule has 1 amide bonds. The van der Waals surface area contributed by atoms with Gasteiger partial charge in [0.15, 0.2) is 5.75 Å². The summed E-state index contributed by atoms with van der Waals surface area (Å²) in [4.78, 5) is 42.9. The topological polar surface area (TPSA) is 148 Å². The number of hydrogen-bond donors (Lipinski definition) is 1. The number of H-pyrrole nitrogens is 1. The number of nitrogens with one attached hydrogen (secondary N) is 1. The zero-order chi connectivity index (χ0) is 24.2. The SMILES string of the molecule is COC(=O)c1n[nH]c(=O)c(-c2ccc(C#N)nc2)c1OC1CCN(C(=O)OC(C)(C)C)CC1. The number of carbonyl (C=O) groups is 2. The molecule has 1 saturated heterocycles. The molecule has 0 aliphatic carbocycles. The highest BCUT2D eigenvalue weighted by Gasteiger charge is 2.31. The van der Waals surface area contributed by atoms with Gasteiger partial charge in [0.1, 0.15) is 23.5 Å². The third-order valence-electron chi connectivity index (χ3n) is 4.86. The van der Waals surface area contributed by atoms with Gasteiger partial charge in [-0.05, 0) is 32.9 Å². The van der Waals surface area contributed by atoms with Crippen molar-refractivity contribution in [3.63, 3.8) is 0 Å². The van der Waals surface area contributed by atoms with Crippen molar-refractivity contribution >= 4 is 12.1 Å². The number of aromatic amines is 1. The van der Waals surface area contributed by atoms with Crippen LogP contribution in [-0.4, -0.2) is 64.0 Å².